The summed E-state index contributed by atoms with van der Waals surface area (Å²) in [5.74, 6) is 0.0666. The topological polar surface area (TPSA) is 72.3 Å². The number of pyridine rings is 1. The van der Waals surface area contributed by atoms with Gasteiger partial charge in [0.25, 0.3) is 0 Å². The monoisotopic (exact) mass is 343 g/mol. The van der Waals surface area contributed by atoms with E-state index in [1.54, 1.807) is 17.1 Å². The van der Waals surface area contributed by atoms with E-state index in [4.69, 9.17) is 4.74 Å². The van der Waals surface area contributed by atoms with Crippen LogP contribution in [0.1, 0.15) is 32.4 Å². The maximum absolute atomic E-state index is 12.5. The van der Waals surface area contributed by atoms with Gasteiger partial charge >= 0.3 is 0 Å². The lowest BCUT2D eigenvalue weighted by molar-refractivity contribution is -0.144. The predicted molar refractivity (Wildman–Crippen MR) is 95.1 cm³/mol. The van der Waals surface area contributed by atoms with Gasteiger partial charge in [0.05, 0.1) is 30.1 Å². The highest BCUT2D eigenvalue weighted by Crippen LogP contribution is 2.18. The van der Waals surface area contributed by atoms with Gasteiger partial charge in [0.1, 0.15) is 6.54 Å². The predicted octanol–water partition coefficient (Wildman–Crippen LogP) is 2.09. The maximum atomic E-state index is 12.5. The Morgan fingerprint density at radius 3 is 2.80 bits per heavy atom. The molecule has 0 aromatic carbocycles. The minimum Gasteiger partial charge on any atom is -0.376 e. The molecule has 0 aliphatic carbocycles. The van der Waals surface area contributed by atoms with Gasteiger partial charge in [-0.15, -0.1) is 0 Å². The summed E-state index contributed by atoms with van der Waals surface area (Å²) in [4.78, 5) is 18.5. The van der Waals surface area contributed by atoms with E-state index in [0.29, 0.717) is 13.1 Å². The minimum atomic E-state index is 0.0666. The number of rotatable bonds is 5. The van der Waals surface area contributed by atoms with E-state index in [0.717, 1.165) is 11.3 Å². The number of carbonyl (C=O) groups is 1. The third-order valence-electron chi connectivity index (χ3n) is 4.27. The van der Waals surface area contributed by atoms with Crippen LogP contribution in [-0.4, -0.2) is 50.9 Å². The highest BCUT2D eigenvalue weighted by Gasteiger charge is 2.26. The summed E-state index contributed by atoms with van der Waals surface area (Å²) in [6, 6.07) is 4.06. The molecule has 1 aliphatic rings. The van der Waals surface area contributed by atoms with Crippen molar-refractivity contribution >= 4 is 11.6 Å². The molecule has 3 atom stereocenters. The Hall–Kier alpha value is -2.41. The van der Waals surface area contributed by atoms with Crippen LogP contribution in [0.4, 0.5) is 5.69 Å². The van der Waals surface area contributed by atoms with Crippen molar-refractivity contribution in [2.24, 2.45) is 0 Å². The molecule has 3 heterocycles. The van der Waals surface area contributed by atoms with Crippen LogP contribution in [0.2, 0.25) is 0 Å². The smallest absolute Gasteiger partial charge is 0.244 e. The van der Waals surface area contributed by atoms with E-state index >= 15 is 0 Å². The van der Waals surface area contributed by atoms with Gasteiger partial charge in [0, 0.05) is 31.7 Å². The first-order valence-corrected chi connectivity index (χ1v) is 8.63. The van der Waals surface area contributed by atoms with Crippen molar-refractivity contribution in [2.75, 3.05) is 18.4 Å². The summed E-state index contributed by atoms with van der Waals surface area (Å²) in [5, 5.41) is 7.67. The zero-order valence-electron chi connectivity index (χ0n) is 14.9. The number of ether oxygens (including phenoxy) is 1. The van der Waals surface area contributed by atoms with Gasteiger partial charge < -0.3 is 15.0 Å². The van der Waals surface area contributed by atoms with Crippen molar-refractivity contribution < 1.29 is 9.53 Å². The standard InChI is InChI=1S/C18H25N5O2/c1-13-9-22(10-14(2)25-13)18(24)12-23-11-17(8-20-23)21-15(3)16-5-4-6-19-7-16/h4-8,11,13-15,21H,9-10,12H2,1-3H3/t13-,14+,15-/m0/s1. The van der Waals surface area contributed by atoms with Crippen LogP contribution >= 0.6 is 0 Å². The van der Waals surface area contributed by atoms with Crippen LogP contribution in [0.3, 0.4) is 0 Å². The molecular weight excluding hydrogens is 318 g/mol. The molecule has 7 heteroatoms. The van der Waals surface area contributed by atoms with Crippen LogP contribution in [0, 0.1) is 0 Å². The minimum absolute atomic E-state index is 0.0666. The molecule has 1 amide bonds. The number of anilines is 1. The van der Waals surface area contributed by atoms with Crippen LogP contribution in [0.25, 0.3) is 0 Å². The second-order valence-electron chi connectivity index (χ2n) is 6.64. The Bertz CT molecular complexity index is 693. The fourth-order valence-electron chi connectivity index (χ4n) is 3.11. The first kappa shape index (κ1) is 17.4. The van der Waals surface area contributed by atoms with Crippen molar-refractivity contribution in [1.82, 2.24) is 19.7 Å². The number of nitrogens with one attached hydrogen (secondary N) is 1. The van der Waals surface area contributed by atoms with Crippen molar-refractivity contribution in [3.8, 4) is 0 Å². The third-order valence-corrected chi connectivity index (χ3v) is 4.27. The molecule has 0 spiro atoms. The Kier molecular flexibility index (Phi) is 5.33. The number of aromatic nitrogens is 3. The SMILES string of the molecule is C[C@@H]1CN(C(=O)Cn2cc(N[C@@H](C)c3cccnc3)cn2)C[C@H](C)O1. The molecule has 0 saturated carbocycles. The van der Waals surface area contributed by atoms with Crippen molar-refractivity contribution in [3.63, 3.8) is 0 Å². The van der Waals surface area contributed by atoms with Crippen LogP contribution < -0.4 is 5.32 Å². The van der Waals surface area contributed by atoms with Gasteiger partial charge in [0.2, 0.25) is 5.91 Å². The normalized spacial score (nSPS) is 21.8. The van der Waals surface area contributed by atoms with Gasteiger partial charge in [-0.05, 0) is 32.4 Å². The van der Waals surface area contributed by atoms with E-state index in [2.05, 4.69) is 22.3 Å². The van der Waals surface area contributed by atoms with E-state index < -0.39 is 0 Å². The maximum Gasteiger partial charge on any atom is 0.244 e. The Balaban J connectivity index is 1.57. The zero-order chi connectivity index (χ0) is 17.8. The lowest BCUT2D eigenvalue weighted by atomic mass is 10.1. The van der Waals surface area contributed by atoms with Crippen LogP contribution in [0.5, 0.6) is 0 Å². The lowest BCUT2D eigenvalue weighted by Gasteiger charge is -2.35. The van der Waals surface area contributed by atoms with Crippen molar-refractivity contribution in [2.45, 2.75) is 45.6 Å². The van der Waals surface area contributed by atoms with E-state index in [9.17, 15) is 4.79 Å². The highest BCUT2D eigenvalue weighted by molar-refractivity contribution is 5.76. The summed E-state index contributed by atoms with van der Waals surface area (Å²) >= 11 is 0. The van der Waals surface area contributed by atoms with Gasteiger partial charge in [-0.1, -0.05) is 6.07 Å². The number of hydrogen-bond acceptors (Lipinski definition) is 5. The average molecular weight is 343 g/mol. The largest absolute Gasteiger partial charge is 0.376 e. The first-order chi connectivity index (χ1) is 12.0. The number of nitrogens with zero attached hydrogens (tertiary/aromatic N) is 4. The number of amides is 1. The molecule has 134 valence electrons. The van der Waals surface area contributed by atoms with Gasteiger partial charge in [-0.25, -0.2) is 0 Å². The van der Waals surface area contributed by atoms with E-state index in [1.807, 2.05) is 43.3 Å². The lowest BCUT2D eigenvalue weighted by Crippen LogP contribution is -2.49. The molecule has 2 aromatic heterocycles. The molecule has 25 heavy (non-hydrogen) atoms. The number of morpholine rings is 1. The second-order valence-corrected chi connectivity index (χ2v) is 6.64. The van der Waals surface area contributed by atoms with Crippen molar-refractivity contribution in [3.05, 3.63) is 42.5 Å². The molecule has 0 radical (unpaired) electrons. The molecule has 7 nitrogen and oxygen atoms in total. The number of hydrogen-bond donors (Lipinski definition) is 1. The first-order valence-electron chi connectivity index (χ1n) is 8.63. The molecule has 0 unspecified atom stereocenters. The summed E-state index contributed by atoms with van der Waals surface area (Å²) in [5.41, 5.74) is 1.98. The summed E-state index contributed by atoms with van der Waals surface area (Å²) in [6.07, 6.45) is 7.34. The van der Waals surface area contributed by atoms with Crippen LogP contribution in [0.15, 0.2) is 36.9 Å². The Labute approximate surface area is 148 Å². The average Bonchev–Trinajstić information content (AvgIpc) is 3.01. The molecule has 2 aromatic rings. The quantitative estimate of drug-likeness (QED) is 0.900. The highest BCUT2D eigenvalue weighted by atomic mass is 16.5. The molecule has 1 fully saturated rings. The van der Waals surface area contributed by atoms with Gasteiger partial charge in [-0.3, -0.25) is 14.5 Å². The van der Waals surface area contributed by atoms with Crippen molar-refractivity contribution in [1.29, 1.82) is 0 Å². The molecular formula is C18H25N5O2. The van der Waals surface area contributed by atoms with E-state index in [-0.39, 0.29) is 30.7 Å². The summed E-state index contributed by atoms with van der Waals surface area (Å²) in [7, 11) is 0. The Morgan fingerprint density at radius 1 is 1.36 bits per heavy atom. The zero-order valence-corrected chi connectivity index (χ0v) is 14.9. The summed E-state index contributed by atoms with van der Waals surface area (Å²) in [6.45, 7) is 7.55. The molecule has 0 bridgehead atoms. The molecule has 1 aliphatic heterocycles. The van der Waals surface area contributed by atoms with Gasteiger partial charge in [0.15, 0.2) is 0 Å². The molecule has 3 rings (SSSR count). The fourth-order valence-corrected chi connectivity index (χ4v) is 3.11. The Morgan fingerprint density at radius 2 is 2.12 bits per heavy atom. The second kappa shape index (κ2) is 7.65. The molecule has 1 N–H and O–H groups in total. The van der Waals surface area contributed by atoms with Gasteiger partial charge in [-0.2, -0.15) is 5.10 Å². The number of carbonyl (C=O) groups excluding carboxylic acids is 1. The van der Waals surface area contributed by atoms with Crippen LogP contribution in [-0.2, 0) is 16.1 Å². The fraction of sp³-hybridized carbons (Fsp3) is 0.500. The summed E-state index contributed by atoms with van der Waals surface area (Å²) < 4.78 is 7.35. The molecule has 1 saturated heterocycles. The van der Waals surface area contributed by atoms with E-state index in [1.165, 1.54) is 0 Å². The third kappa shape index (κ3) is 4.57.